The van der Waals surface area contributed by atoms with Gasteiger partial charge in [0.2, 0.25) is 0 Å². The molecule has 0 aliphatic carbocycles. The molecule has 0 nitrogen and oxygen atoms in total. The topological polar surface area (TPSA) is 0 Å². The largest absolute Gasteiger partial charge is 0.127 e. The Morgan fingerprint density at radius 2 is 0.520 bits per heavy atom. The molecule has 0 radical (unpaired) electrons. The Balaban J connectivity index is 2.94. The molecule has 0 aromatic carbocycles. The van der Waals surface area contributed by atoms with E-state index in [0.717, 1.165) is 5.88 Å². The van der Waals surface area contributed by atoms with Crippen molar-refractivity contribution in [1.82, 2.24) is 0 Å². The first-order valence-electron chi connectivity index (χ1n) is 11.5. The highest BCUT2D eigenvalue weighted by molar-refractivity contribution is 9.09. The van der Waals surface area contributed by atoms with Crippen LogP contribution in [-0.4, -0.2) is 11.2 Å². The van der Waals surface area contributed by atoms with Crippen LogP contribution in [0, 0.1) is 0 Å². The van der Waals surface area contributed by atoms with Crippen molar-refractivity contribution < 1.29 is 0 Å². The minimum Gasteiger partial charge on any atom is -0.127 e. The molecule has 0 aromatic heterocycles. The summed E-state index contributed by atoms with van der Waals surface area (Å²) in [6.07, 6.45) is 30.1. The molecule has 0 aliphatic heterocycles. The second-order valence-corrected chi connectivity index (χ2v) is 8.97. The Hall–Kier alpha value is 0.770. The van der Waals surface area contributed by atoms with Gasteiger partial charge in [0, 0.05) is 11.2 Å². The lowest BCUT2D eigenvalue weighted by molar-refractivity contribution is 0.521. The van der Waals surface area contributed by atoms with E-state index in [4.69, 9.17) is 11.6 Å². The van der Waals surface area contributed by atoms with Gasteiger partial charge in [0.15, 0.2) is 0 Å². The van der Waals surface area contributed by atoms with Gasteiger partial charge in [0.25, 0.3) is 0 Å². The minimum absolute atomic E-state index is 0.845. The molecule has 0 saturated heterocycles. The van der Waals surface area contributed by atoms with Crippen molar-refractivity contribution in [2.45, 2.75) is 135 Å². The quantitative estimate of drug-likeness (QED) is 0.117. The Morgan fingerprint density at radius 3 is 0.720 bits per heavy atom. The highest BCUT2D eigenvalue weighted by Gasteiger charge is 1.95. The van der Waals surface area contributed by atoms with Crippen molar-refractivity contribution >= 4 is 27.5 Å². The van der Waals surface area contributed by atoms with E-state index >= 15 is 0 Å². The van der Waals surface area contributed by atoms with Gasteiger partial charge in [-0.3, -0.25) is 0 Å². The summed E-state index contributed by atoms with van der Waals surface area (Å²) < 4.78 is 0. The molecule has 0 spiro atoms. The molecular weight excluding hydrogens is 392 g/mol. The molecule has 0 aromatic rings. The van der Waals surface area contributed by atoms with Gasteiger partial charge in [-0.1, -0.05) is 138 Å². The zero-order valence-electron chi connectivity index (χ0n) is 17.0. The molecule has 0 rings (SSSR count). The van der Waals surface area contributed by atoms with Crippen LogP contribution >= 0.6 is 27.5 Å². The van der Waals surface area contributed by atoms with Gasteiger partial charge in [-0.2, -0.15) is 0 Å². The minimum atomic E-state index is 0.845. The molecular formula is C23H46BrCl. The van der Waals surface area contributed by atoms with Gasteiger partial charge in [-0.15, -0.1) is 11.6 Å². The standard InChI is InChI=1S/C23H46BrCl/c24-22-20-18-16-14-12-10-8-6-4-2-1-3-5-7-9-11-13-15-17-19-21-23-25/h1-23H2. The second kappa shape index (κ2) is 24.8. The average molecular weight is 438 g/mol. The van der Waals surface area contributed by atoms with E-state index in [1.807, 2.05) is 0 Å². The van der Waals surface area contributed by atoms with Crippen LogP contribution in [0.3, 0.4) is 0 Å². The van der Waals surface area contributed by atoms with Gasteiger partial charge < -0.3 is 0 Å². The highest BCUT2D eigenvalue weighted by Crippen LogP contribution is 2.15. The fourth-order valence-corrected chi connectivity index (χ4v) is 4.13. The monoisotopic (exact) mass is 436 g/mol. The van der Waals surface area contributed by atoms with E-state index in [2.05, 4.69) is 15.9 Å². The van der Waals surface area contributed by atoms with Crippen LogP contribution in [0.2, 0.25) is 0 Å². The van der Waals surface area contributed by atoms with E-state index in [1.54, 1.807) is 0 Å². The van der Waals surface area contributed by atoms with Crippen molar-refractivity contribution in [2.75, 3.05) is 11.2 Å². The van der Waals surface area contributed by atoms with Crippen LogP contribution in [-0.2, 0) is 0 Å². The smallest absolute Gasteiger partial charge is 0.0223 e. The molecule has 0 saturated carbocycles. The molecule has 0 atom stereocenters. The summed E-state index contributed by atoms with van der Waals surface area (Å²) in [6.45, 7) is 0. The van der Waals surface area contributed by atoms with Crippen molar-refractivity contribution in [3.05, 3.63) is 0 Å². The van der Waals surface area contributed by atoms with Crippen LogP contribution in [0.4, 0.5) is 0 Å². The summed E-state index contributed by atoms with van der Waals surface area (Å²) in [7, 11) is 0. The molecule has 0 amide bonds. The molecule has 152 valence electrons. The summed E-state index contributed by atoms with van der Waals surface area (Å²) in [5, 5.41) is 1.18. The Bertz CT molecular complexity index is 198. The van der Waals surface area contributed by atoms with Gasteiger partial charge in [0.05, 0.1) is 0 Å². The normalized spacial score (nSPS) is 11.3. The fourth-order valence-electron chi connectivity index (χ4n) is 3.55. The molecule has 0 heterocycles. The summed E-state index contributed by atoms with van der Waals surface area (Å²) in [4.78, 5) is 0. The number of halogens is 2. The van der Waals surface area contributed by atoms with Gasteiger partial charge >= 0.3 is 0 Å². The third kappa shape index (κ3) is 24.8. The maximum atomic E-state index is 5.69. The first-order chi connectivity index (χ1) is 12.4. The van der Waals surface area contributed by atoms with Crippen molar-refractivity contribution in [3.8, 4) is 0 Å². The Morgan fingerprint density at radius 1 is 0.320 bits per heavy atom. The second-order valence-electron chi connectivity index (χ2n) is 7.80. The zero-order valence-corrected chi connectivity index (χ0v) is 19.4. The summed E-state index contributed by atoms with van der Waals surface area (Å²) in [6, 6.07) is 0. The molecule has 0 N–H and O–H groups in total. The molecule has 0 aliphatic rings. The summed E-state index contributed by atoms with van der Waals surface area (Å²) in [5.41, 5.74) is 0. The molecule has 0 fully saturated rings. The lowest BCUT2D eigenvalue weighted by atomic mass is 10.0. The van der Waals surface area contributed by atoms with E-state index in [9.17, 15) is 0 Å². The van der Waals surface area contributed by atoms with E-state index in [1.165, 1.54) is 140 Å². The number of unbranched alkanes of at least 4 members (excludes halogenated alkanes) is 20. The third-order valence-electron chi connectivity index (χ3n) is 5.27. The predicted octanol–water partition coefficient (Wildman–Crippen LogP) is 9.81. The average Bonchev–Trinajstić information content (AvgIpc) is 2.63. The molecule has 2 heteroatoms. The van der Waals surface area contributed by atoms with Crippen molar-refractivity contribution in [2.24, 2.45) is 0 Å². The van der Waals surface area contributed by atoms with Crippen LogP contribution in [0.1, 0.15) is 135 Å². The van der Waals surface area contributed by atoms with Gasteiger partial charge in [0.1, 0.15) is 0 Å². The number of hydrogen-bond acceptors (Lipinski definition) is 0. The number of hydrogen-bond donors (Lipinski definition) is 0. The Kier molecular flexibility index (Phi) is 25.5. The lowest BCUT2D eigenvalue weighted by Crippen LogP contribution is -1.84. The first kappa shape index (κ1) is 25.8. The molecule has 0 unspecified atom stereocenters. The Labute approximate surface area is 173 Å². The first-order valence-corrected chi connectivity index (χ1v) is 13.2. The van der Waals surface area contributed by atoms with Crippen LogP contribution in [0.15, 0.2) is 0 Å². The lowest BCUT2D eigenvalue weighted by Gasteiger charge is -2.04. The SMILES string of the molecule is ClCCCCCCCCCCCCCCCCCCCCCCCBr. The van der Waals surface area contributed by atoms with Crippen molar-refractivity contribution in [3.63, 3.8) is 0 Å². The van der Waals surface area contributed by atoms with Gasteiger partial charge in [-0.05, 0) is 12.8 Å². The zero-order chi connectivity index (χ0) is 18.3. The summed E-state index contributed by atoms with van der Waals surface area (Å²) in [5.74, 6) is 0.845. The number of alkyl halides is 2. The van der Waals surface area contributed by atoms with E-state index in [0.29, 0.717) is 0 Å². The fraction of sp³-hybridized carbons (Fsp3) is 1.00. The predicted molar refractivity (Wildman–Crippen MR) is 121 cm³/mol. The molecule has 25 heavy (non-hydrogen) atoms. The highest BCUT2D eigenvalue weighted by atomic mass is 79.9. The third-order valence-corrected chi connectivity index (χ3v) is 6.10. The van der Waals surface area contributed by atoms with E-state index < -0.39 is 0 Å². The van der Waals surface area contributed by atoms with Gasteiger partial charge in [-0.25, -0.2) is 0 Å². The maximum absolute atomic E-state index is 5.69. The van der Waals surface area contributed by atoms with Crippen LogP contribution < -0.4 is 0 Å². The van der Waals surface area contributed by atoms with E-state index in [-0.39, 0.29) is 0 Å². The summed E-state index contributed by atoms with van der Waals surface area (Å²) >= 11 is 9.19. The van der Waals surface area contributed by atoms with Crippen LogP contribution in [0.5, 0.6) is 0 Å². The maximum Gasteiger partial charge on any atom is 0.0223 e. The molecule has 0 bridgehead atoms. The van der Waals surface area contributed by atoms with Crippen molar-refractivity contribution in [1.29, 1.82) is 0 Å². The van der Waals surface area contributed by atoms with Crippen LogP contribution in [0.25, 0.3) is 0 Å². The number of rotatable bonds is 22.